The fourth-order valence-corrected chi connectivity index (χ4v) is 4.50. The van der Waals surface area contributed by atoms with Crippen LogP contribution in [0, 0.1) is 13.8 Å². The van der Waals surface area contributed by atoms with Crippen LogP contribution in [0.2, 0.25) is 5.02 Å². The largest absolute Gasteiger partial charge is 0.309 e. The van der Waals surface area contributed by atoms with Gasteiger partial charge >= 0.3 is 0 Å². The summed E-state index contributed by atoms with van der Waals surface area (Å²) in [6, 6.07) is 6.87. The van der Waals surface area contributed by atoms with Crippen molar-refractivity contribution in [1.82, 2.24) is 9.97 Å². The van der Waals surface area contributed by atoms with Crippen LogP contribution < -0.4 is 5.56 Å². The van der Waals surface area contributed by atoms with Crippen molar-refractivity contribution >= 4 is 50.7 Å². The van der Waals surface area contributed by atoms with Crippen LogP contribution >= 0.6 is 34.7 Å². The fraction of sp³-hybridized carbons (Fsp3) is 0.278. The predicted molar refractivity (Wildman–Crippen MR) is 106 cm³/mol. The topological polar surface area (TPSA) is 62.8 Å². The Hall–Kier alpha value is -1.63. The van der Waals surface area contributed by atoms with E-state index in [1.54, 1.807) is 24.3 Å². The van der Waals surface area contributed by atoms with E-state index >= 15 is 0 Å². The van der Waals surface area contributed by atoms with Gasteiger partial charge in [-0.2, -0.15) is 0 Å². The number of halogens is 1. The summed E-state index contributed by atoms with van der Waals surface area (Å²) in [6.07, 6.45) is 0. The van der Waals surface area contributed by atoms with Crippen molar-refractivity contribution in [3.05, 3.63) is 61.5 Å². The van der Waals surface area contributed by atoms with E-state index in [0.29, 0.717) is 27.5 Å². The molecule has 0 unspecified atom stereocenters. The normalized spacial score (nSPS) is 12.5. The monoisotopic (exact) mass is 392 g/mol. The number of carbonyl (C=O) groups excluding carboxylic acids is 1. The zero-order valence-corrected chi connectivity index (χ0v) is 16.4. The number of rotatable bonds is 5. The maximum Gasteiger partial charge on any atom is 0.259 e. The van der Waals surface area contributed by atoms with Gasteiger partial charge in [-0.25, -0.2) is 4.98 Å². The Balaban J connectivity index is 1.74. The number of benzene rings is 1. The molecular weight excluding hydrogens is 376 g/mol. The Morgan fingerprint density at radius 3 is 2.68 bits per heavy atom. The standard InChI is InChI=1S/C18H17ClN2O2S2/c1-9-10(2)25-18-15(9)17(23)20-14(21-18)8-24-11(3)16(22)12-4-6-13(19)7-5-12/h4-7,11H,8H2,1-3H3,(H,20,21,23)/t11-/m1/s1. The van der Waals surface area contributed by atoms with Crippen molar-refractivity contribution in [3.63, 3.8) is 0 Å². The number of aromatic nitrogens is 2. The number of hydrogen-bond donors (Lipinski definition) is 1. The van der Waals surface area contributed by atoms with Gasteiger partial charge in [-0.1, -0.05) is 11.6 Å². The molecule has 1 N–H and O–H groups in total. The van der Waals surface area contributed by atoms with Gasteiger partial charge in [-0.05, 0) is 50.6 Å². The summed E-state index contributed by atoms with van der Waals surface area (Å²) in [5, 5.41) is 1.03. The smallest absolute Gasteiger partial charge is 0.259 e. The molecule has 0 fully saturated rings. The molecule has 0 spiro atoms. The molecule has 0 bridgehead atoms. The summed E-state index contributed by atoms with van der Waals surface area (Å²) < 4.78 is 0. The molecule has 2 heterocycles. The molecule has 0 radical (unpaired) electrons. The lowest BCUT2D eigenvalue weighted by Gasteiger charge is -2.10. The van der Waals surface area contributed by atoms with Crippen LogP contribution in [0.25, 0.3) is 10.2 Å². The van der Waals surface area contributed by atoms with Crippen molar-refractivity contribution in [2.75, 3.05) is 0 Å². The Bertz CT molecular complexity index is 993. The second-order valence-electron chi connectivity index (χ2n) is 5.80. The van der Waals surface area contributed by atoms with E-state index in [4.69, 9.17) is 11.6 Å². The van der Waals surface area contributed by atoms with Gasteiger partial charge in [0.05, 0.1) is 16.4 Å². The molecule has 25 heavy (non-hydrogen) atoms. The van der Waals surface area contributed by atoms with Crippen molar-refractivity contribution < 1.29 is 4.79 Å². The lowest BCUT2D eigenvalue weighted by Crippen LogP contribution is -2.15. The molecular formula is C18H17ClN2O2S2. The van der Waals surface area contributed by atoms with Crippen LogP contribution in [0.1, 0.15) is 33.5 Å². The summed E-state index contributed by atoms with van der Waals surface area (Å²) >= 11 is 8.84. The second-order valence-corrected chi connectivity index (χ2v) is 8.77. The van der Waals surface area contributed by atoms with Gasteiger partial charge in [0.25, 0.3) is 5.56 Å². The van der Waals surface area contributed by atoms with Crippen molar-refractivity contribution in [2.24, 2.45) is 0 Å². The van der Waals surface area contributed by atoms with Crippen LogP contribution in [0.5, 0.6) is 0 Å². The molecule has 0 aliphatic carbocycles. The first-order chi connectivity index (χ1) is 11.9. The van der Waals surface area contributed by atoms with Crippen molar-refractivity contribution in [3.8, 4) is 0 Å². The van der Waals surface area contributed by atoms with E-state index in [9.17, 15) is 9.59 Å². The summed E-state index contributed by atoms with van der Waals surface area (Å²) in [5.74, 6) is 1.11. The minimum atomic E-state index is -0.242. The van der Waals surface area contributed by atoms with Crippen molar-refractivity contribution in [2.45, 2.75) is 31.8 Å². The number of hydrogen-bond acceptors (Lipinski definition) is 5. The molecule has 3 rings (SSSR count). The van der Waals surface area contributed by atoms with Gasteiger partial charge in [0.2, 0.25) is 0 Å². The molecule has 0 aliphatic heterocycles. The molecule has 130 valence electrons. The number of ketones is 1. The molecule has 1 aromatic carbocycles. The summed E-state index contributed by atoms with van der Waals surface area (Å²) in [6.45, 7) is 5.78. The Kier molecular flexibility index (Phi) is 5.32. The Labute approximate surface area is 158 Å². The van der Waals surface area contributed by atoms with Crippen LogP contribution in [0.3, 0.4) is 0 Å². The first kappa shape index (κ1) is 18.2. The summed E-state index contributed by atoms with van der Waals surface area (Å²) in [4.78, 5) is 34.0. The summed E-state index contributed by atoms with van der Waals surface area (Å²) in [7, 11) is 0. The molecule has 0 saturated heterocycles. The number of H-pyrrole nitrogens is 1. The highest BCUT2D eigenvalue weighted by Crippen LogP contribution is 2.27. The lowest BCUT2D eigenvalue weighted by atomic mass is 10.1. The van der Waals surface area contributed by atoms with E-state index in [0.717, 1.165) is 15.3 Å². The first-order valence-corrected chi connectivity index (χ1v) is 10.0. The van der Waals surface area contributed by atoms with Gasteiger partial charge in [0, 0.05) is 15.5 Å². The van der Waals surface area contributed by atoms with E-state index in [2.05, 4.69) is 9.97 Å². The highest BCUT2D eigenvalue weighted by molar-refractivity contribution is 7.99. The molecule has 4 nitrogen and oxygen atoms in total. The van der Waals surface area contributed by atoms with Gasteiger partial charge < -0.3 is 4.98 Å². The van der Waals surface area contributed by atoms with Gasteiger partial charge in [0.15, 0.2) is 5.78 Å². The second kappa shape index (κ2) is 7.32. The SMILES string of the molecule is Cc1sc2nc(CS[C@H](C)C(=O)c3ccc(Cl)cc3)[nH]c(=O)c2c1C. The molecule has 3 aromatic rings. The summed E-state index contributed by atoms with van der Waals surface area (Å²) in [5.41, 5.74) is 1.50. The van der Waals surface area contributed by atoms with E-state index in [1.807, 2.05) is 20.8 Å². The maximum atomic E-state index is 12.5. The highest BCUT2D eigenvalue weighted by Gasteiger charge is 2.17. The molecule has 1 atom stereocenters. The number of Topliss-reactive ketones (excluding diaryl/α,β-unsaturated/α-hetero) is 1. The van der Waals surface area contributed by atoms with Gasteiger partial charge in [-0.3, -0.25) is 9.59 Å². The zero-order chi connectivity index (χ0) is 18.1. The number of nitrogens with one attached hydrogen (secondary N) is 1. The molecule has 0 saturated carbocycles. The zero-order valence-electron chi connectivity index (χ0n) is 14.1. The third kappa shape index (κ3) is 3.81. The average molecular weight is 393 g/mol. The number of aromatic amines is 1. The van der Waals surface area contributed by atoms with Crippen LogP contribution in [0.4, 0.5) is 0 Å². The maximum absolute atomic E-state index is 12.5. The number of thioether (sulfide) groups is 1. The number of thiophene rings is 1. The third-order valence-corrected chi connectivity index (χ3v) is 6.56. The Morgan fingerprint density at radius 1 is 1.32 bits per heavy atom. The van der Waals surface area contributed by atoms with E-state index in [-0.39, 0.29) is 16.6 Å². The van der Waals surface area contributed by atoms with Gasteiger partial charge in [-0.15, -0.1) is 23.1 Å². The van der Waals surface area contributed by atoms with Crippen LogP contribution in [0.15, 0.2) is 29.1 Å². The van der Waals surface area contributed by atoms with Gasteiger partial charge in [0.1, 0.15) is 10.7 Å². The molecule has 7 heteroatoms. The van der Waals surface area contributed by atoms with E-state index in [1.165, 1.54) is 23.1 Å². The number of nitrogens with zero attached hydrogens (tertiary/aromatic N) is 1. The van der Waals surface area contributed by atoms with Crippen LogP contribution in [-0.2, 0) is 5.75 Å². The van der Waals surface area contributed by atoms with Crippen molar-refractivity contribution in [1.29, 1.82) is 0 Å². The van der Waals surface area contributed by atoms with Crippen LogP contribution in [-0.4, -0.2) is 21.0 Å². The number of aryl methyl sites for hydroxylation is 2. The lowest BCUT2D eigenvalue weighted by molar-refractivity contribution is 0.0994. The Morgan fingerprint density at radius 2 is 2.00 bits per heavy atom. The minimum Gasteiger partial charge on any atom is -0.309 e. The molecule has 2 aromatic heterocycles. The fourth-order valence-electron chi connectivity index (χ4n) is 2.50. The predicted octanol–water partition coefficient (Wildman–Crippen LogP) is 4.76. The molecule has 0 aliphatic rings. The van der Waals surface area contributed by atoms with E-state index < -0.39 is 0 Å². The third-order valence-electron chi connectivity index (χ3n) is 4.06. The number of carbonyl (C=O) groups is 1. The minimum absolute atomic E-state index is 0.0351. The quantitative estimate of drug-likeness (QED) is 0.636. The molecule has 0 amide bonds. The average Bonchev–Trinajstić information content (AvgIpc) is 2.87. The first-order valence-electron chi connectivity index (χ1n) is 7.77. The highest BCUT2D eigenvalue weighted by atomic mass is 35.5. The number of fused-ring (bicyclic) bond motifs is 1.